The molecule has 218 valence electrons. The number of pyridine rings is 1. The van der Waals surface area contributed by atoms with Crippen LogP contribution in [0.5, 0.6) is 0 Å². The molecule has 41 heavy (non-hydrogen) atoms. The molecule has 10 nitrogen and oxygen atoms in total. The van der Waals surface area contributed by atoms with Crippen molar-refractivity contribution < 1.29 is 14.4 Å². The number of anilines is 4. The standard InChI is InChI=1S/C31H41N7O3/c1-22-30(40)34(2)27-20-32-28(19-26(27)38(22)25-10-3-4-11-25)33-24-9-7-8-23(18-24)31(41)37-16-14-35(15-17-37)21-29(39)36-12-5-6-13-36/h7-9,18-20,22,25H,3-6,10-17,21H2,1-2H3,(H,32,33). The monoisotopic (exact) mass is 559 g/mol. The summed E-state index contributed by atoms with van der Waals surface area (Å²) in [5.74, 6) is 0.981. The van der Waals surface area contributed by atoms with E-state index in [9.17, 15) is 14.4 Å². The number of carbonyl (C=O) groups excluding carboxylic acids is 3. The van der Waals surface area contributed by atoms with E-state index in [-0.39, 0.29) is 23.8 Å². The molecule has 0 radical (unpaired) electrons. The Morgan fingerprint density at radius 3 is 2.39 bits per heavy atom. The van der Waals surface area contributed by atoms with Gasteiger partial charge in [0.15, 0.2) is 0 Å². The number of fused-ring (bicyclic) bond motifs is 1. The fraction of sp³-hybridized carbons (Fsp3) is 0.548. The number of rotatable bonds is 6. The summed E-state index contributed by atoms with van der Waals surface area (Å²) in [6.45, 7) is 6.80. The second-order valence-corrected chi connectivity index (χ2v) is 11.8. The predicted octanol–water partition coefficient (Wildman–Crippen LogP) is 3.32. The minimum absolute atomic E-state index is 0.000981. The van der Waals surface area contributed by atoms with Crippen molar-refractivity contribution in [2.45, 2.75) is 57.5 Å². The van der Waals surface area contributed by atoms with Gasteiger partial charge < -0.3 is 24.9 Å². The molecule has 3 aliphatic heterocycles. The summed E-state index contributed by atoms with van der Waals surface area (Å²) in [7, 11) is 1.82. The van der Waals surface area contributed by atoms with Crippen LogP contribution in [0.25, 0.3) is 0 Å². The number of aromatic nitrogens is 1. The fourth-order valence-electron chi connectivity index (χ4n) is 6.82. The molecule has 4 aliphatic rings. The average Bonchev–Trinajstić information content (AvgIpc) is 3.72. The molecule has 1 aromatic carbocycles. The number of likely N-dealkylation sites (tertiary alicyclic amines) is 1. The molecular formula is C31H41N7O3. The molecule has 1 atom stereocenters. The van der Waals surface area contributed by atoms with E-state index >= 15 is 0 Å². The van der Waals surface area contributed by atoms with Crippen molar-refractivity contribution in [3.05, 3.63) is 42.1 Å². The van der Waals surface area contributed by atoms with Crippen LogP contribution in [0.1, 0.15) is 55.8 Å². The Morgan fingerprint density at radius 2 is 1.66 bits per heavy atom. The van der Waals surface area contributed by atoms with Crippen LogP contribution in [0, 0.1) is 0 Å². The van der Waals surface area contributed by atoms with Crippen molar-refractivity contribution in [2.75, 3.05) is 68.0 Å². The van der Waals surface area contributed by atoms with Crippen molar-refractivity contribution in [1.82, 2.24) is 19.7 Å². The molecule has 0 spiro atoms. The van der Waals surface area contributed by atoms with Crippen molar-refractivity contribution >= 4 is 40.6 Å². The van der Waals surface area contributed by atoms with E-state index in [1.807, 2.05) is 54.1 Å². The first-order valence-corrected chi connectivity index (χ1v) is 15.1. The van der Waals surface area contributed by atoms with Crippen molar-refractivity contribution in [1.29, 1.82) is 0 Å². The van der Waals surface area contributed by atoms with Gasteiger partial charge in [-0.3, -0.25) is 19.3 Å². The van der Waals surface area contributed by atoms with Crippen LogP contribution in [-0.4, -0.2) is 102 Å². The van der Waals surface area contributed by atoms with E-state index in [2.05, 4.69) is 20.1 Å². The third-order valence-corrected chi connectivity index (χ3v) is 9.18. The minimum atomic E-state index is -0.217. The molecule has 6 rings (SSSR count). The molecular weight excluding hydrogens is 518 g/mol. The van der Waals surface area contributed by atoms with Crippen LogP contribution in [0.2, 0.25) is 0 Å². The summed E-state index contributed by atoms with van der Waals surface area (Å²) in [5, 5.41) is 3.40. The Labute approximate surface area is 242 Å². The molecule has 4 heterocycles. The highest BCUT2D eigenvalue weighted by Crippen LogP contribution is 2.41. The smallest absolute Gasteiger partial charge is 0.254 e. The molecule has 1 unspecified atom stereocenters. The highest BCUT2D eigenvalue weighted by molar-refractivity contribution is 6.05. The number of nitrogens with one attached hydrogen (secondary N) is 1. The average molecular weight is 560 g/mol. The normalized spacial score (nSPS) is 21.9. The third kappa shape index (κ3) is 5.62. The second-order valence-electron chi connectivity index (χ2n) is 11.8. The number of carbonyl (C=O) groups is 3. The van der Waals surface area contributed by atoms with E-state index in [4.69, 9.17) is 0 Å². The van der Waals surface area contributed by atoms with Crippen LogP contribution in [0.3, 0.4) is 0 Å². The lowest BCUT2D eigenvalue weighted by Crippen LogP contribution is -2.54. The summed E-state index contributed by atoms with van der Waals surface area (Å²) < 4.78 is 0. The van der Waals surface area contributed by atoms with Gasteiger partial charge in [0.1, 0.15) is 11.9 Å². The van der Waals surface area contributed by atoms with Crippen LogP contribution >= 0.6 is 0 Å². The number of nitrogens with zero attached hydrogens (tertiary/aromatic N) is 6. The first-order valence-electron chi connectivity index (χ1n) is 15.1. The van der Waals surface area contributed by atoms with Gasteiger partial charge >= 0.3 is 0 Å². The van der Waals surface area contributed by atoms with Gasteiger partial charge in [-0.05, 0) is 50.8 Å². The van der Waals surface area contributed by atoms with Gasteiger partial charge in [0.2, 0.25) is 11.8 Å². The van der Waals surface area contributed by atoms with Crippen LogP contribution in [0.4, 0.5) is 22.9 Å². The molecule has 1 saturated carbocycles. The number of hydrogen-bond donors (Lipinski definition) is 1. The van der Waals surface area contributed by atoms with E-state index < -0.39 is 0 Å². The second kappa shape index (κ2) is 11.7. The lowest BCUT2D eigenvalue weighted by molar-refractivity contribution is -0.131. The lowest BCUT2D eigenvalue weighted by atomic mass is 10.0. The number of hydrogen-bond acceptors (Lipinski definition) is 7. The largest absolute Gasteiger partial charge is 0.355 e. The zero-order valence-corrected chi connectivity index (χ0v) is 24.2. The van der Waals surface area contributed by atoms with Gasteiger partial charge in [0.25, 0.3) is 5.91 Å². The molecule has 3 amide bonds. The summed E-state index contributed by atoms with van der Waals surface area (Å²) in [4.78, 5) is 53.5. The molecule has 1 aliphatic carbocycles. The fourth-order valence-corrected chi connectivity index (χ4v) is 6.82. The van der Waals surface area contributed by atoms with Crippen LogP contribution in [-0.2, 0) is 9.59 Å². The topological polar surface area (TPSA) is 92.3 Å². The molecule has 1 aromatic heterocycles. The zero-order valence-electron chi connectivity index (χ0n) is 24.2. The van der Waals surface area contributed by atoms with E-state index in [0.717, 1.165) is 55.8 Å². The molecule has 1 N–H and O–H groups in total. The maximum absolute atomic E-state index is 13.4. The quantitative estimate of drug-likeness (QED) is 0.581. The summed E-state index contributed by atoms with van der Waals surface area (Å²) >= 11 is 0. The summed E-state index contributed by atoms with van der Waals surface area (Å²) in [6.07, 6.45) is 8.54. The zero-order chi connectivity index (χ0) is 28.5. The van der Waals surface area contributed by atoms with Crippen LogP contribution in [0.15, 0.2) is 36.5 Å². The van der Waals surface area contributed by atoms with Crippen molar-refractivity contribution in [3.8, 4) is 0 Å². The van der Waals surface area contributed by atoms with Crippen molar-refractivity contribution in [2.24, 2.45) is 0 Å². The highest BCUT2D eigenvalue weighted by atomic mass is 16.2. The van der Waals surface area contributed by atoms with Gasteiger partial charge in [0, 0.05) is 69.7 Å². The summed E-state index contributed by atoms with van der Waals surface area (Å²) in [6, 6.07) is 9.72. The van der Waals surface area contributed by atoms with Gasteiger partial charge in [-0.25, -0.2) is 4.98 Å². The Bertz CT molecular complexity index is 1300. The number of piperazine rings is 1. The first-order chi connectivity index (χ1) is 19.9. The molecule has 10 heteroatoms. The third-order valence-electron chi connectivity index (χ3n) is 9.18. The number of amides is 3. The SMILES string of the molecule is CC1C(=O)N(C)c2cnc(Nc3cccc(C(=O)N4CCN(CC(=O)N5CCCC5)CC4)c3)cc2N1C1CCCC1. The lowest BCUT2D eigenvalue weighted by Gasteiger charge is -2.43. The maximum Gasteiger partial charge on any atom is 0.254 e. The first kappa shape index (κ1) is 27.5. The molecule has 3 fully saturated rings. The Kier molecular flexibility index (Phi) is 7.84. The summed E-state index contributed by atoms with van der Waals surface area (Å²) in [5.41, 5.74) is 3.27. The Balaban J connectivity index is 1.12. The Morgan fingerprint density at radius 1 is 0.927 bits per heavy atom. The van der Waals surface area contributed by atoms with Gasteiger partial charge in [-0.15, -0.1) is 0 Å². The van der Waals surface area contributed by atoms with Gasteiger partial charge in [0.05, 0.1) is 24.1 Å². The number of likely N-dealkylation sites (N-methyl/N-ethyl adjacent to an activating group) is 1. The highest BCUT2D eigenvalue weighted by Gasteiger charge is 2.38. The number of benzene rings is 1. The molecule has 2 aromatic rings. The molecule has 2 saturated heterocycles. The Hall–Kier alpha value is -3.66. The van der Waals surface area contributed by atoms with Crippen molar-refractivity contribution in [3.63, 3.8) is 0 Å². The molecule has 0 bridgehead atoms. The van der Waals surface area contributed by atoms with E-state index in [1.54, 1.807) is 11.1 Å². The van der Waals surface area contributed by atoms with Gasteiger partial charge in [-0.1, -0.05) is 18.9 Å². The maximum atomic E-state index is 13.4. The van der Waals surface area contributed by atoms with E-state index in [1.165, 1.54) is 12.8 Å². The predicted molar refractivity (Wildman–Crippen MR) is 160 cm³/mol. The van der Waals surface area contributed by atoms with Crippen LogP contribution < -0.4 is 15.1 Å². The van der Waals surface area contributed by atoms with E-state index in [0.29, 0.717) is 50.1 Å². The minimum Gasteiger partial charge on any atom is -0.355 e. The van der Waals surface area contributed by atoms with Gasteiger partial charge in [-0.2, -0.15) is 0 Å².